The Kier molecular flexibility index (Phi) is 5.71. The third-order valence-corrected chi connectivity index (χ3v) is 5.14. The van der Waals surface area contributed by atoms with E-state index in [1.165, 1.54) is 48.5 Å². The van der Waals surface area contributed by atoms with Crippen LogP contribution in [0.25, 0.3) is 22.1 Å². The number of hydrogen-bond acceptors (Lipinski definition) is 4. The summed E-state index contributed by atoms with van der Waals surface area (Å²) in [5, 5.41) is 0.342. The lowest BCUT2D eigenvalue weighted by molar-refractivity contribution is -0.152. The molecule has 9 heteroatoms. The zero-order valence-corrected chi connectivity index (χ0v) is 17.4. The number of hydrogen-bond donors (Lipinski definition) is 0. The molecule has 162 valence electrons. The van der Waals surface area contributed by atoms with Gasteiger partial charge in [-0.25, -0.2) is 4.79 Å². The van der Waals surface area contributed by atoms with Crippen molar-refractivity contribution in [2.24, 2.45) is 0 Å². The predicted molar refractivity (Wildman–Crippen MR) is 114 cm³/mol. The van der Waals surface area contributed by atoms with Crippen LogP contribution in [0.1, 0.15) is 16.1 Å². The lowest BCUT2D eigenvalue weighted by atomic mass is 10.0. The molecular formula is C23H11Cl2F3O4. The van der Waals surface area contributed by atoms with Crippen LogP contribution >= 0.6 is 23.2 Å². The van der Waals surface area contributed by atoms with Gasteiger partial charge in [-0.1, -0.05) is 47.5 Å². The molecule has 1 heterocycles. The van der Waals surface area contributed by atoms with E-state index in [2.05, 4.69) is 0 Å². The zero-order valence-electron chi connectivity index (χ0n) is 15.9. The van der Waals surface area contributed by atoms with Gasteiger partial charge in [0.1, 0.15) is 11.3 Å². The van der Waals surface area contributed by atoms with Crippen molar-refractivity contribution in [1.29, 1.82) is 0 Å². The highest BCUT2D eigenvalue weighted by Gasteiger charge is 2.39. The Hall–Kier alpha value is -3.29. The number of esters is 1. The molecule has 0 amide bonds. The Morgan fingerprint density at radius 3 is 2.28 bits per heavy atom. The molecule has 0 aliphatic heterocycles. The molecule has 0 saturated carbocycles. The number of ether oxygens (including phenoxy) is 1. The monoisotopic (exact) mass is 478 g/mol. The van der Waals surface area contributed by atoms with Crippen LogP contribution in [0, 0.1) is 0 Å². The summed E-state index contributed by atoms with van der Waals surface area (Å²) in [7, 11) is 0. The van der Waals surface area contributed by atoms with Gasteiger partial charge in [0.05, 0.1) is 21.5 Å². The number of fused-ring (bicyclic) bond motifs is 1. The van der Waals surface area contributed by atoms with Crippen LogP contribution in [0.3, 0.4) is 0 Å². The van der Waals surface area contributed by atoms with Crippen molar-refractivity contribution in [3.63, 3.8) is 0 Å². The van der Waals surface area contributed by atoms with Gasteiger partial charge < -0.3 is 9.15 Å². The highest BCUT2D eigenvalue weighted by atomic mass is 35.5. The fourth-order valence-corrected chi connectivity index (χ4v) is 3.44. The van der Waals surface area contributed by atoms with Crippen LogP contribution in [0.4, 0.5) is 13.2 Å². The van der Waals surface area contributed by atoms with Gasteiger partial charge in [0.15, 0.2) is 0 Å². The molecule has 0 atom stereocenters. The van der Waals surface area contributed by atoms with E-state index in [4.69, 9.17) is 32.4 Å². The van der Waals surface area contributed by atoms with E-state index in [0.717, 1.165) is 6.07 Å². The molecule has 0 radical (unpaired) electrons. The standard InChI is InChI=1S/C23H11Cl2F3O4/c24-13-7-5-12(6-8-13)19-20(29)16-10-9-14(11-18(16)32-21(19)23(26,27)28)31-22(30)15-3-1-2-4-17(15)25/h1-11H. The number of halogens is 5. The number of alkyl halides is 3. The number of carbonyl (C=O) groups excluding carboxylic acids is 1. The molecule has 4 rings (SSSR count). The van der Waals surface area contributed by atoms with E-state index in [1.54, 1.807) is 12.1 Å². The molecule has 0 aliphatic rings. The van der Waals surface area contributed by atoms with Crippen molar-refractivity contribution in [2.75, 3.05) is 0 Å². The molecular weight excluding hydrogens is 468 g/mol. The minimum absolute atomic E-state index is 0.00611. The van der Waals surface area contributed by atoms with Gasteiger partial charge in [-0.05, 0) is 42.0 Å². The summed E-state index contributed by atoms with van der Waals surface area (Å²) in [6, 6.07) is 15.0. The third kappa shape index (κ3) is 4.22. The van der Waals surface area contributed by atoms with E-state index in [-0.39, 0.29) is 32.9 Å². The van der Waals surface area contributed by atoms with E-state index in [0.29, 0.717) is 5.02 Å². The first-order chi connectivity index (χ1) is 15.1. The van der Waals surface area contributed by atoms with Crippen LogP contribution in [0.15, 0.2) is 75.9 Å². The molecule has 0 bridgehead atoms. The van der Waals surface area contributed by atoms with Crippen molar-refractivity contribution in [3.8, 4) is 16.9 Å². The molecule has 0 aliphatic carbocycles. The SMILES string of the molecule is O=C(Oc1ccc2c(=O)c(-c3ccc(Cl)cc3)c(C(F)(F)F)oc2c1)c1ccccc1Cl. The van der Waals surface area contributed by atoms with Gasteiger partial charge in [-0.15, -0.1) is 0 Å². The zero-order chi connectivity index (χ0) is 23.0. The van der Waals surface area contributed by atoms with Gasteiger partial charge in [0.25, 0.3) is 0 Å². The quantitative estimate of drug-likeness (QED) is 0.235. The maximum Gasteiger partial charge on any atom is 0.450 e. The highest BCUT2D eigenvalue weighted by molar-refractivity contribution is 6.33. The maximum atomic E-state index is 13.7. The Morgan fingerprint density at radius 1 is 0.938 bits per heavy atom. The Labute approximate surface area is 188 Å². The average Bonchev–Trinajstić information content (AvgIpc) is 2.74. The molecule has 0 saturated heterocycles. The molecule has 4 nitrogen and oxygen atoms in total. The fraction of sp³-hybridized carbons (Fsp3) is 0.0435. The largest absolute Gasteiger partial charge is 0.450 e. The van der Waals surface area contributed by atoms with E-state index >= 15 is 0 Å². The number of benzene rings is 3. The smallest absolute Gasteiger partial charge is 0.450 e. The summed E-state index contributed by atoms with van der Waals surface area (Å²) in [6.45, 7) is 0. The van der Waals surface area contributed by atoms with Gasteiger partial charge in [-0.2, -0.15) is 13.2 Å². The van der Waals surface area contributed by atoms with Crippen LogP contribution in [0.2, 0.25) is 10.0 Å². The lowest BCUT2D eigenvalue weighted by Crippen LogP contribution is -2.16. The molecule has 1 aromatic heterocycles. The first kappa shape index (κ1) is 21.9. The second-order valence-electron chi connectivity index (χ2n) is 6.67. The molecule has 32 heavy (non-hydrogen) atoms. The van der Waals surface area contributed by atoms with Crippen LogP contribution in [-0.4, -0.2) is 5.97 Å². The molecule has 0 spiro atoms. The second kappa shape index (κ2) is 8.33. The van der Waals surface area contributed by atoms with E-state index in [1.807, 2.05) is 0 Å². The van der Waals surface area contributed by atoms with Gasteiger partial charge in [-0.3, -0.25) is 4.79 Å². The summed E-state index contributed by atoms with van der Waals surface area (Å²) in [4.78, 5) is 25.3. The number of rotatable bonds is 3. The molecule has 0 unspecified atom stereocenters. The summed E-state index contributed by atoms with van der Waals surface area (Å²) < 4.78 is 51.5. The van der Waals surface area contributed by atoms with Gasteiger partial charge >= 0.3 is 12.1 Å². The summed E-state index contributed by atoms with van der Waals surface area (Å²) in [5.41, 5.74) is -1.83. The molecule has 3 aromatic carbocycles. The first-order valence-electron chi connectivity index (χ1n) is 9.06. The Morgan fingerprint density at radius 2 is 1.62 bits per heavy atom. The topological polar surface area (TPSA) is 56.5 Å². The first-order valence-corrected chi connectivity index (χ1v) is 9.81. The Balaban J connectivity index is 1.83. The van der Waals surface area contributed by atoms with Gasteiger partial charge in [0, 0.05) is 11.1 Å². The molecule has 0 N–H and O–H groups in total. The Bertz CT molecular complexity index is 1390. The number of carbonyl (C=O) groups is 1. The maximum absolute atomic E-state index is 13.7. The van der Waals surface area contributed by atoms with E-state index in [9.17, 15) is 22.8 Å². The summed E-state index contributed by atoms with van der Waals surface area (Å²) in [5.74, 6) is -2.39. The minimum atomic E-state index is -4.95. The van der Waals surface area contributed by atoms with E-state index < -0.39 is 28.9 Å². The van der Waals surface area contributed by atoms with Crippen LogP contribution in [-0.2, 0) is 6.18 Å². The van der Waals surface area contributed by atoms with Crippen LogP contribution < -0.4 is 10.2 Å². The second-order valence-corrected chi connectivity index (χ2v) is 7.51. The molecule has 0 fully saturated rings. The third-order valence-electron chi connectivity index (χ3n) is 4.56. The highest BCUT2D eigenvalue weighted by Crippen LogP contribution is 2.38. The van der Waals surface area contributed by atoms with Gasteiger partial charge in [0.2, 0.25) is 11.2 Å². The van der Waals surface area contributed by atoms with Crippen molar-refractivity contribution >= 4 is 40.1 Å². The average molecular weight is 479 g/mol. The normalized spacial score (nSPS) is 11.5. The van der Waals surface area contributed by atoms with Crippen LogP contribution in [0.5, 0.6) is 5.75 Å². The van der Waals surface area contributed by atoms with Crippen molar-refractivity contribution in [1.82, 2.24) is 0 Å². The minimum Gasteiger partial charge on any atom is -0.450 e. The van der Waals surface area contributed by atoms with Crippen molar-refractivity contribution < 1.29 is 27.1 Å². The summed E-state index contributed by atoms with van der Waals surface area (Å²) in [6.07, 6.45) is -4.95. The fourth-order valence-electron chi connectivity index (χ4n) is 3.10. The molecule has 4 aromatic rings. The summed E-state index contributed by atoms with van der Waals surface area (Å²) >= 11 is 11.8. The lowest BCUT2D eigenvalue weighted by Gasteiger charge is -2.13. The predicted octanol–water partition coefficient (Wildman–Crippen LogP) is 7.00. The van der Waals surface area contributed by atoms with Crippen molar-refractivity contribution in [2.45, 2.75) is 6.18 Å². The van der Waals surface area contributed by atoms with Crippen molar-refractivity contribution in [3.05, 3.63) is 98.3 Å².